The summed E-state index contributed by atoms with van der Waals surface area (Å²) in [4.78, 5) is 20.0. The van der Waals surface area contributed by atoms with E-state index in [9.17, 15) is 9.90 Å². The number of rotatable bonds is 4. The maximum absolute atomic E-state index is 11.4. The Morgan fingerprint density at radius 2 is 2.11 bits per heavy atom. The number of hydrogen-bond donors (Lipinski definition) is 1. The number of pyridine rings is 1. The van der Waals surface area contributed by atoms with Gasteiger partial charge in [-0.3, -0.25) is 14.7 Å². The minimum absolute atomic E-state index is 0.533. The van der Waals surface area contributed by atoms with Crippen LogP contribution >= 0.6 is 0 Å². The second-order valence-corrected chi connectivity index (χ2v) is 4.75. The molecule has 1 aromatic heterocycles. The second kappa shape index (κ2) is 5.93. The Kier molecular flexibility index (Phi) is 4.28. The van der Waals surface area contributed by atoms with Crippen molar-refractivity contribution in [3.05, 3.63) is 30.1 Å². The number of nitrogens with zero attached hydrogens (tertiary/aromatic N) is 3. The van der Waals surface area contributed by atoms with Crippen molar-refractivity contribution in [3.63, 3.8) is 0 Å². The number of hydrogen-bond acceptors (Lipinski definition) is 4. The van der Waals surface area contributed by atoms with Crippen LogP contribution in [0.3, 0.4) is 0 Å². The summed E-state index contributed by atoms with van der Waals surface area (Å²) < 4.78 is 0. The summed E-state index contributed by atoms with van der Waals surface area (Å²) in [6, 6.07) is 5.43. The lowest BCUT2D eigenvalue weighted by atomic mass is 10.0. The molecule has 0 amide bonds. The molecule has 1 saturated heterocycles. The van der Waals surface area contributed by atoms with Crippen molar-refractivity contribution in [1.82, 2.24) is 14.8 Å². The Bertz CT molecular complexity index is 388. The number of carboxylic acid groups (broad SMARTS) is 1. The summed E-state index contributed by atoms with van der Waals surface area (Å²) in [5.74, 6) is -1.33. The van der Waals surface area contributed by atoms with Crippen molar-refractivity contribution < 1.29 is 9.90 Å². The van der Waals surface area contributed by atoms with Crippen molar-refractivity contribution in [2.24, 2.45) is 0 Å². The Morgan fingerprint density at radius 1 is 1.39 bits per heavy atom. The number of likely N-dealkylation sites (N-methyl/N-ethyl adjacent to an activating group) is 1. The fourth-order valence-corrected chi connectivity index (χ4v) is 2.17. The molecule has 1 aliphatic rings. The van der Waals surface area contributed by atoms with Crippen LogP contribution in [0.5, 0.6) is 0 Å². The van der Waals surface area contributed by atoms with Gasteiger partial charge in [-0.25, -0.2) is 0 Å². The van der Waals surface area contributed by atoms with E-state index in [1.165, 1.54) is 0 Å². The lowest BCUT2D eigenvalue weighted by Gasteiger charge is -2.33. The Balaban J connectivity index is 2.01. The average Bonchev–Trinajstić information content (AvgIpc) is 2.38. The molecule has 1 N–H and O–H groups in total. The molecule has 0 spiro atoms. The summed E-state index contributed by atoms with van der Waals surface area (Å²) >= 11 is 0. The molecule has 1 unspecified atom stereocenters. The van der Waals surface area contributed by atoms with Crippen molar-refractivity contribution in [2.45, 2.75) is 5.92 Å². The van der Waals surface area contributed by atoms with Crippen molar-refractivity contribution in [1.29, 1.82) is 0 Å². The van der Waals surface area contributed by atoms with Gasteiger partial charge in [-0.2, -0.15) is 0 Å². The number of carbonyl (C=O) groups is 1. The highest BCUT2D eigenvalue weighted by Gasteiger charge is 2.25. The molecular weight excluding hydrogens is 230 g/mol. The molecule has 0 saturated carbocycles. The first-order chi connectivity index (χ1) is 8.66. The standard InChI is InChI=1S/C13H19N3O2/c1-15-6-8-16(9-7-15)10-11(13(17)18)12-4-2-3-5-14-12/h2-5,11H,6-10H2,1H3,(H,17,18). The first-order valence-corrected chi connectivity index (χ1v) is 6.21. The monoisotopic (exact) mass is 249 g/mol. The van der Waals surface area contributed by atoms with E-state index >= 15 is 0 Å². The zero-order valence-electron chi connectivity index (χ0n) is 10.6. The zero-order chi connectivity index (χ0) is 13.0. The van der Waals surface area contributed by atoms with E-state index in [-0.39, 0.29) is 0 Å². The normalized spacial score (nSPS) is 19.6. The Labute approximate surface area is 107 Å². The number of carboxylic acids is 1. The van der Waals surface area contributed by atoms with Crippen LogP contribution in [0.25, 0.3) is 0 Å². The highest BCUT2D eigenvalue weighted by atomic mass is 16.4. The molecule has 2 heterocycles. The van der Waals surface area contributed by atoms with Crippen LogP contribution in [0.4, 0.5) is 0 Å². The van der Waals surface area contributed by atoms with Crippen LogP contribution in [0, 0.1) is 0 Å². The van der Waals surface area contributed by atoms with Crippen molar-refractivity contribution in [3.8, 4) is 0 Å². The summed E-state index contributed by atoms with van der Waals surface area (Å²) in [5, 5.41) is 9.33. The predicted octanol–water partition coefficient (Wildman–Crippen LogP) is 0.497. The molecule has 98 valence electrons. The average molecular weight is 249 g/mol. The fraction of sp³-hybridized carbons (Fsp3) is 0.538. The highest BCUT2D eigenvalue weighted by molar-refractivity contribution is 5.75. The van der Waals surface area contributed by atoms with Gasteiger partial charge in [0.25, 0.3) is 0 Å². The first-order valence-electron chi connectivity index (χ1n) is 6.21. The molecule has 5 nitrogen and oxygen atoms in total. The van der Waals surface area contributed by atoms with E-state index in [2.05, 4.69) is 21.8 Å². The third kappa shape index (κ3) is 3.27. The van der Waals surface area contributed by atoms with Gasteiger partial charge in [0.15, 0.2) is 0 Å². The lowest BCUT2D eigenvalue weighted by Crippen LogP contribution is -2.46. The van der Waals surface area contributed by atoms with Gasteiger partial charge in [0.2, 0.25) is 0 Å². The minimum atomic E-state index is -0.798. The number of aromatic nitrogens is 1. The fourth-order valence-electron chi connectivity index (χ4n) is 2.17. The van der Waals surface area contributed by atoms with Crippen LogP contribution in [-0.2, 0) is 4.79 Å². The highest BCUT2D eigenvalue weighted by Crippen LogP contribution is 2.16. The molecule has 0 bridgehead atoms. The molecule has 18 heavy (non-hydrogen) atoms. The largest absolute Gasteiger partial charge is 0.481 e. The van der Waals surface area contributed by atoms with Crippen LogP contribution in [0.1, 0.15) is 11.6 Å². The maximum Gasteiger partial charge on any atom is 0.313 e. The summed E-state index contributed by atoms with van der Waals surface area (Å²) in [5.41, 5.74) is 0.643. The molecule has 0 aliphatic carbocycles. The number of aliphatic carboxylic acids is 1. The third-order valence-electron chi connectivity index (χ3n) is 3.38. The van der Waals surface area contributed by atoms with Crippen molar-refractivity contribution in [2.75, 3.05) is 39.8 Å². The molecule has 1 fully saturated rings. The SMILES string of the molecule is CN1CCN(CC(C(=O)O)c2ccccn2)CC1. The van der Waals surface area contributed by atoms with Gasteiger partial charge in [0, 0.05) is 38.9 Å². The molecule has 1 aromatic rings. The van der Waals surface area contributed by atoms with Crippen LogP contribution in [-0.4, -0.2) is 65.6 Å². The minimum Gasteiger partial charge on any atom is -0.481 e. The molecule has 2 rings (SSSR count). The van der Waals surface area contributed by atoms with Crippen LogP contribution in [0.2, 0.25) is 0 Å². The summed E-state index contributed by atoms with van der Waals surface area (Å²) in [6.07, 6.45) is 1.65. The zero-order valence-corrected chi connectivity index (χ0v) is 10.6. The molecule has 0 radical (unpaired) electrons. The maximum atomic E-state index is 11.4. The van der Waals surface area contributed by atoms with Gasteiger partial charge < -0.3 is 10.0 Å². The predicted molar refractivity (Wildman–Crippen MR) is 68.6 cm³/mol. The molecule has 5 heteroatoms. The lowest BCUT2D eigenvalue weighted by molar-refractivity contribution is -0.139. The number of piperazine rings is 1. The Morgan fingerprint density at radius 3 is 2.67 bits per heavy atom. The van der Waals surface area contributed by atoms with E-state index in [0.717, 1.165) is 26.2 Å². The Hall–Kier alpha value is -1.46. The summed E-state index contributed by atoms with van der Waals surface area (Å²) in [6.45, 7) is 4.38. The van der Waals surface area contributed by atoms with E-state index in [4.69, 9.17) is 0 Å². The first kappa shape index (κ1) is 13.0. The van der Waals surface area contributed by atoms with E-state index < -0.39 is 11.9 Å². The quantitative estimate of drug-likeness (QED) is 0.842. The second-order valence-electron chi connectivity index (χ2n) is 4.75. The van der Waals surface area contributed by atoms with Crippen molar-refractivity contribution >= 4 is 5.97 Å². The molecule has 1 aliphatic heterocycles. The van der Waals surface area contributed by atoms with E-state index in [1.807, 2.05) is 6.07 Å². The van der Waals surface area contributed by atoms with E-state index in [0.29, 0.717) is 12.2 Å². The van der Waals surface area contributed by atoms with Crippen LogP contribution in [0.15, 0.2) is 24.4 Å². The molecular formula is C13H19N3O2. The van der Waals surface area contributed by atoms with Gasteiger partial charge in [-0.15, -0.1) is 0 Å². The third-order valence-corrected chi connectivity index (χ3v) is 3.38. The van der Waals surface area contributed by atoms with Gasteiger partial charge in [-0.05, 0) is 19.2 Å². The van der Waals surface area contributed by atoms with Gasteiger partial charge in [0.1, 0.15) is 5.92 Å². The topological polar surface area (TPSA) is 56.7 Å². The summed E-state index contributed by atoms with van der Waals surface area (Å²) in [7, 11) is 2.09. The van der Waals surface area contributed by atoms with Crippen LogP contribution < -0.4 is 0 Å². The molecule has 0 aromatic carbocycles. The van der Waals surface area contributed by atoms with Gasteiger partial charge in [-0.1, -0.05) is 6.07 Å². The van der Waals surface area contributed by atoms with Gasteiger partial charge in [0.05, 0.1) is 5.69 Å². The van der Waals surface area contributed by atoms with Gasteiger partial charge >= 0.3 is 5.97 Å². The van der Waals surface area contributed by atoms with E-state index in [1.54, 1.807) is 18.3 Å². The smallest absolute Gasteiger partial charge is 0.313 e. The molecule has 1 atom stereocenters.